The highest BCUT2D eigenvalue weighted by Gasteiger charge is 2.31. The van der Waals surface area contributed by atoms with Crippen LogP contribution in [0.2, 0.25) is 5.02 Å². The Balaban J connectivity index is 2.46. The van der Waals surface area contributed by atoms with Gasteiger partial charge in [-0.2, -0.15) is 9.78 Å². The van der Waals surface area contributed by atoms with E-state index in [0.29, 0.717) is 17.0 Å². The number of benzene rings is 1. The van der Waals surface area contributed by atoms with E-state index >= 15 is 0 Å². The molecule has 0 amide bonds. The van der Waals surface area contributed by atoms with Crippen LogP contribution in [0.3, 0.4) is 0 Å². The van der Waals surface area contributed by atoms with E-state index in [-0.39, 0.29) is 4.68 Å². The van der Waals surface area contributed by atoms with E-state index in [4.69, 9.17) is 11.6 Å². The highest BCUT2D eigenvalue weighted by atomic mass is 35.5. The predicted octanol–water partition coefficient (Wildman–Crippen LogP) is 4.24. The van der Waals surface area contributed by atoms with E-state index in [9.17, 15) is 13.2 Å². The first-order valence-electron chi connectivity index (χ1n) is 5.32. The molecule has 0 fully saturated rings. The largest absolute Gasteiger partial charge is 0.504 e. The summed E-state index contributed by atoms with van der Waals surface area (Å²) < 4.78 is 37.3. The van der Waals surface area contributed by atoms with Gasteiger partial charge in [-0.25, -0.2) is 0 Å². The van der Waals surface area contributed by atoms with E-state index in [1.807, 2.05) is 6.92 Å². The second-order valence-electron chi connectivity index (χ2n) is 3.80. The van der Waals surface area contributed by atoms with Crippen LogP contribution < -0.4 is 0 Å². The number of nitrogens with zero attached hydrogens (tertiary/aromatic N) is 2. The number of aromatic nitrogens is 2. The molecule has 96 valence electrons. The number of halogens is 4. The average molecular weight is 275 g/mol. The molecule has 18 heavy (non-hydrogen) atoms. The summed E-state index contributed by atoms with van der Waals surface area (Å²) in [5.74, 6) is 0. The van der Waals surface area contributed by atoms with E-state index in [1.165, 1.54) is 6.20 Å². The molecular formula is C12H10ClF3N2. The molecule has 0 N–H and O–H groups in total. The lowest BCUT2D eigenvalue weighted by molar-refractivity contribution is -0.212. The van der Waals surface area contributed by atoms with E-state index in [2.05, 4.69) is 5.10 Å². The Morgan fingerprint density at radius 1 is 1.33 bits per heavy atom. The molecule has 0 radical (unpaired) electrons. The molecule has 2 rings (SSSR count). The molecule has 0 atom stereocenters. The molecule has 1 aromatic carbocycles. The highest BCUT2D eigenvalue weighted by Crippen LogP contribution is 2.29. The smallest absolute Gasteiger partial charge is 0.178 e. The van der Waals surface area contributed by atoms with Crippen molar-refractivity contribution in [3.8, 4) is 11.1 Å². The molecule has 0 saturated heterocycles. The molecule has 0 unspecified atom stereocenters. The monoisotopic (exact) mass is 274 g/mol. The lowest BCUT2D eigenvalue weighted by Gasteiger charge is -2.07. The molecule has 0 saturated carbocycles. The first kappa shape index (κ1) is 13.0. The van der Waals surface area contributed by atoms with Gasteiger partial charge in [-0.3, -0.25) is 0 Å². The van der Waals surface area contributed by atoms with E-state index in [1.54, 1.807) is 18.2 Å². The van der Waals surface area contributed by atoms with Crippen LogP contribution in [-0.4, -0.2) is 9.78 Å². The molecule has 0 aliphatic heterocycles. The Morgan fingerprint density at radius 3 is 2.61 bits per heavy atom. The van der Waals surface area contributed by atoms with E-state index < -0.39 is 6.30 Å². The maximum Gasteiger partial charge on any atom is 0.504 e. The Bertz CT molecular complexity index is 561. The average Bonchev–Trinajstić information content (AvgIpc) is 2.77. The fourth-order valence-corrected chi connectivity index (χ4v) is 1.93. The maximum atomic E-state index is 12.4. The maximum absolute atomic E-state index is 12.4. The number of hydrogen-bond donors (Lipinski definition) is 0. The number of alkyl halides is 3. The van der Waals surface area contributed by atoms with Gasteiger partial charge < -0.3 is 0 Å². The molecule has 0 spiro atoms. The lowest BCUT2D eigenvalue weighted by atomic mass is 10.0. The van der Waals surface area contributed by atoms with Gasteiger partial charge in [0.15, 0.2) is 0 Å². The van der Waals surface area contributed by atoms with Crippen LogP contribution in [0.1, 0.15) is 12.5 Å². The summed E-state index contributed by atoms with van der Waals surface area (Å²) in [6, 6.07) is 5.11. The highest BCUT2D eigenvalue weighted by molar-refractivity contribution is 6.30. The van der Waals surface area contributed by atoms with Crippen molar-refractivity contribution in [3.63, 3.8) is 0 Å². The zero-order valence-corrected chi connectivity index (χ0v) is 10.3. The second kappa shape index (κ2) is 4.65. The summed E-state index contributed by atoms with van der Waals surface area (Å²) >= 11 is 5.86. The van der Waals surface area contributed by atoms with Gasteiger partial charge >= 0.3 is 6.30 Å². The zero-order chi connectivity index (χ0) is 13.3. The fourth-order valence-electron chi connectivity index (χ4n) is 1.74. The lowest BCUT2D eigenvalue weighted by Crippen LogP contribution is -2.16. The summed E-state index contributed by atoms with van der Waals surface area (Å²) in [5, 5.41) is 3.89. The summed E-state index contributed by atoms with van der Waals surface area (Å²) in [5.41, 5.74) is 2.04. The van der Waals surface area contributed by atoms with Gasteiger partial charge in [0.25, 0.3) is 0 Å². The van der Waals surface area contributed by atoms with Crippen LogP contribution >= 0.6 is 11.6 Å². The van der Waals surface area contributed by atoms with Crippen LogP contribution in [0.4, 0.5) is 13.2 Å². The third kappa shape index (κ3) is 2.51. The summed E-state index contributed by atoms with van der Waals surface area (Å²) in [6.07, 6.45) is -1.62. The topological polar surface area (TPSA) is 17.8 Å². The van der Waals surface area contributed by atoms with Crippen LogP contribution in [-0.2, 0) is 12.7 Å². The standard InChI is InChI=1S/C12H10ClF3N2/c1-2-8-5-10(13)3-4-11(8)9-6-17-18(7-9)12(14,15)16/h3-7H,2H2,1H3. The Morgan fingerprint density at radius 2 is 2.06 bits per heavy atom. The van der Waals surface area contributed by atoms with Crippen LogP contribution in [0.25, 0.3) is 11.1 Å². The van der Waals surface area contributed by atoms with Crippen molar-refractivity contribution < 1.29 is 13.2 Å². The number of aryl methyl sites for hydroxylation is 1. The quantitative estimate of drug-likeness (QED) is 0.801. The summed E-state index contributed by atoms with van der Waals surface area (Å²) in [7, 11) is 0. The molecule has 1 aromatic heterocycles. The number of hydrogen-bond acceptors (Lipinski definition) is 1. The first-order chi connectivity index (χ1) is 8.41. The molecule has 0 aliphatic rings. The molecule has 0 aliphatic carbocycles. The van der Waals surface area contributed by atoms with Crippen LogP contribution in [0.5, 0.6) is 0 Å². The molecule has 6 heteroatoms. The Hall–Kier alpha value is -1.49. The minimum Gasteiger partial charge on any atom is -0.178 e. The Kier molecular flexibility index (Phi) is 3.34. The molecule has 0 bridgehead atoms. The van der Waals surface area contributed by atoms with Gasteiger partial charge in [-0.1, -0.05) is 24.6 Å². The fraction of sp³-hybridized carbons (Fsp3) is 0.250. The van der Waals surface area contributed by atoms with Crippen molar-refractivity contribution >= 4 is 11.6 Å². The minimum atomic E-state index is -4.49. The first-order valence-corrected chi connectivity index (χ1v) is 5.70. The normalized spacial score (nSPS) is 11.8. The van der Waals surface area contributed by atoms with Gasteiger partial charge in [-0.15, -0.1) is 13.2 Å². The zero-order valence-electron chi connectivity index (χ0n) is 9.50. The van der Waals surface area contributed by atoms with Crippen molar-refractivity contribution in [1.29, 1.82) is 0 Å². The summed E-state index contributed by atoms with van der Waals surface area (Å²) in [6.45, 7) is 1.92. The summed E-state index contributed by atoms with van der Waals surface area (Å²) in [4.78, 5) is 0. The Labute approximate surface area is 107 Å². The molecular weight excluding hydrogens is 265 g/mol. The van der Waals surface area contributed by atoms with E-state index in [0.717, 1.165) is 17.3 Å². The van der Waals surface area contributed by atoms with Crippen molar-refractivity contribution in [2.45, 2.75) is 19.6 Å². The molecule has 1 heterocycles. The van der Waals surface area contributed by atoms with Crippen molar-refractivity contribution in [2.24, 2.45) is 0 Å². The molecule has 2 aromatic rings. The van der Waals surface area contributed by atoms with Gasteiger partial charge in [0.2, 0.25) is 0 Å². The predicted molar refractivity (Wildman–Crippen MR) is 63.3 cm³/mol. The SMILES string of the molecule is CCc1cc(Cl)ccc1-c1cnn(C(F)(F)F)c1. The van der Waals surface area contributed by atoms with Crippen molar-refractivity contribution in [2.75, 3.05) is 0 Å². The van der Waals surface area contributed by atoms with Gasteiger partial charge in [0, 0.05) is 16.8 Å². The van der Waals surface area contributed by atoms with Gasteiger partial charge in [0.1, 0.15) is 0 Å². The number of rotatable bonds is 2. The van der Waals surface area contributed by atoms with Crippen molar-refractivity contribution in [1.82, 2.24) is 9.78 Å². The third-order valence-electron chi connectivity index (χ3n) is 2.60. The van der Waals surface area contributed by atoms with Crippen LogP contribution in [0.15, 0.2) is 30.6 Å². The third-order valence-corrected chi connectivity index (χ3v) is 2.84. The van der Waals surface area contributed by atoms with Crippen molar-refractivity contribution in [3.05, 3.63) is 41.2 Å². The van der Waals surface area contributed by atoms with Gasteiger partial charge in [-0.05, 0) is 29.7 Å². The van der Waals surface area contributed by atoms with Crippen LogP contribution in [0, 0.1) is 0 Å². The second-order valence-corrected chi connectivity index (χ2v) is 4.23. The van der Waals surface area contributed by atoms with Gasteiger partial charge in [0.05, 0.1) is 6.20 Å². The minimum absolute atomic E-state index is 0.00359. The molecule has 2 nitrogen and oxygen atoms in total.